The summed E-state index contributed by atoms with van der Waals surface area (Å²) in [5.41, 5.74) is -0.0540. The molecule has 1 aliphatic heterocycles. The van der Waals surface area contributed by atoms with Gasteiger partial charge in [-0.15, -0.1) is 0 Å². The standard InChI is InChI=1S/C16H26N8O/c1-16(2,3)13(10-22-5-4-17-12-22)20-15(25)24-8-6-23(7-9-24)14-18-11-19-21-14/h4-5,11-13H,6-10H2,1-3H3,(H,20,25)(H,18,19,21). The number of nitrogens with one attached hydrogen (secondary N) is 2. The average molecular weight is 346 g/mol. The SMILES string of the molecule is CC(C)(C)C(Cn1ccnc1)NC(=O)N1CCN(c2ncn[nH]2)CC1. The van der Waals surface area contributed by atoms with E-state index >= 15 is 0 Å². The molecule has 3 rings (SSSR count). The number of rotatable bonds is 4. The zero-order valence-corrected chi connectivity index (χ0v) is 15.0. The molecule has 0 radical (unpaired) electrons. The Balaban J connectivity index is 1.56. The van der Waals surface area contributed by atoms with Gasteiger partial charge in [0.1, 0.15) is 6.33 Å². The van der Waals surface area contributed by atoms with Crippen LogP contribution >= 0.6 is 0 Å². The first kappa shape index (κ1) is 17.2. The van der Waals surface area contributed by atoms with Crippen molar-refractivity contribution in [2.45, 2.75) is 33.4 Å². The van der Waals surface area contributed by atoms with Crippen molar-refractivity contribution >= 4 is 12.0 Å². The summed E-state index contributed by atoms with van der Waals surface area (Å²) in [5.74, 6) is 0.757. The minimum Gasteiger partial charge on any atom is -0.338 e. The number of piperazine rings is 1. The molecule has 0 bridgehead atoms. The van der Waals surface area contributed by atoms with Crippen LogP contribution in [-0.4, -0.2) is 67.9 Å². The largest absolute Gasteiger partial charge is 0.338 e. The van der Waals surface area contributed by atoms with E-state index in [1.165, 1.54) is 6.33 Å². The van der Waals surface area contributed by atoms with Crippen molar-refractivity contribution in [3.05, 3.63) is 25.0 Å². The van der Waals surface area contributed by atoms with Crippen LogP contribution in [0.5, 0.6) is 0 Å². The van der Waals surface area contributed by atoms with Crippen LogP contribution in [0.1, 0.15) is 20.8 Å². The third kappa shape index (κ3) is 4.28. The summed E-state index contributed by atoms with van der Waals surface area (Å²) in [7, 11) is 0. The topological polar surface area (TPSA) is 95.0 Å². The van der Waals surface area contributed by atoms with E-state index < -0.39 is 0 Å². The van der Waals surface area contributed by atoms with Gasteiger partial charge in [-0.2, -0.15) is 10.1 Å². The van der Waals surface area contributed by atoms with Gasteiger partial charge in [0.05, 0.1) is 12.4 Å². The van der Waals surface area contributed by atoms with E-state index in [1.54, 1.807) is 12.5 Å². The van der Waals surface area contributed by atoms with E-state index in [-0.39, 0.29) is 17.5 Å². The van der Waals surface area contributed by atoms with E-state index in [1.807, 2.05) is 15.7 Å². The molecule has 3 heterocycles. The predicted molar refractivity (Wildman–Crippen MR) is 94.2 cm³/mol. The zero-order chi connectivity index (χ0) is 17.9. The Kier molecular flexibility index (Phi) is 4.91. The lowest BCUT2D eigenvalue weighted by atomic mass is 9.86. The van der Waals surface area contributed by atoms with E-state index in [0.29, 0.717) is 19.6 Å². The monoisotopic (exact) mass is 346 g/mol. The Morgan fingerprint density at radius 3 is 2.64 bits per heavy atom. The van der Waals surface area contributed by atoms with Gasteiger partial charge in [0.15, 0.2) is 0 Å². The number of urea groups is 1. The van der Waals surface area contributed by atoms with Crippen LogP contribution in [0.25, 0.3) is 0 Å². The van der Waals surface area contributed by atoms with E-state index in [9.17, 15) is 4.79 Å². The Morgan fingerprint density at radius 1 is 1.32 bits per heavy atom. The molecule has 1 saturated heterocycles. The lowest BCUT2D eigenvalue weighted by Crippen LogP contribution is -2.56. The molecule has 9 heteroatoms. The molecule has 2 aromatic rings. The second-order valence-corrected chi connectivity index (χ2v) is 7.41. The predicted octanol–water partition coefficient (Wildman–Crippen LogP) is 0.948. The fourth-order valence-corrected chi connectivity index (χ4v) is 2.85. The number of hydrogen-bond acceptors (Lipinski definition) is 5. The number of anilines is 1. The second-order valence-electron chi connectivity index (χ2n) is 7.41. The first-order valence-corrected chi connectivity index (χ1v) is 8.55. The number of carbonyl (C=O) groups is 1. The normalized spacial score (nSPS) is 16.8. The van der Waals surface area contributed by atoms with Gasteiger partial charge < -0.3 is 19.7 Å². The van der Waals surface area contributed by atoms with Crippen LogP contribution in [0.2, 0.25) is 0 Å². The highest BCUT2D eigenvalue weighted by Crippen LogP contribution is 2.21. The van der Waals surface area contributed by atoms with Crippen molar-refractivity contribution in [2.75, 3.05) is 31.1 Å². The Morgan fingerprint density at radius 2 is 2.08 bits per heavy atom. The van der Waals surface area contributed by atoms with Crippen LogP contribution in [0.4, 0.5) is 10.7 Å². The number of nitrogens with zero attached hydrogens (tertiary/aromatic N) is 6. The Labute approximate surface area is 147 Å². The molecular formula is C16H26N8O. The fourth-order valence-electron chi connectivity index (χ4n) is 2.85. The van der Waals surface area contributed by atoms with Crippen LogP contribution in [0.3, 0.4) is 0 Å². The van der Waals surface area contributed by atoms with Crippen molar-refractivity contribution in [2.24, 2.45) is 5.41 Å². The lowest BCUT2D eigenvalue weighted by Gasteiger charge is -2.37. The summed E-state index contributed by atoms with van der Waals surface area (Å²) in [6.07, 6.45) is 6.95. The smallest absolute Gasteiger partial charge is 0.317 e. The first-order chi connectivity index (χ1) is 11.9. The van der Waals surface area contributed by atoms with Crippen LogP contribution in [0, 0.1) is 5.41 Å². The highest BCUT2D eigenvalue weighted by molar-refractivity contribution is 5.75. The summed E-state index contributed by atoms with van der Waals surface area (Å²) in [6.45, 7) is 9.91. The number of carbonyl (C=O) groups excluding carboxylic acids is 1. The van der Waals surface area contributed by atoms with Gasteiger partial charge in [-0.3, -0.25) is 0 Å². The van der Waals surface area contributed by atoms with Crippen molar-refractivity contribution in [1.29, 1.82) is 0 Å². The van der Waals surface area contributed by atoms with E-state index in [2.05, 4.69) is 51.2 Å². The molecular weight excluding hydrogens is 320 g/mol. The zero-order valence-electron chi connectivity index (χ0n) is 15.0. The van der Waals surface area contributed by atoms with Gasteiger partial charge >= 0.3 is 6.03 Å². The third-order valence-electron chi connectivity index (χ3n) is 4.56. The maximum Gasteiger partial charge on any atom is 0.317 e. The van der Waals surface area contributed by atoms with Crippen molar-refractivity contribution < 1.29 is 4.79 Å². The van der Waals surface area contributed by atoms with Crippen molar-refractivity contribution in [3.63, 3.8) is 0 Å². The quantitative estimate of drug-likeness (QED) is 0.859. The number of amides is 2. The second kappa shape index (κ2) is 7.12. The molecule has 0 aromatic carbocycles. The minimum atomic E-state index is -0.0540. The Bertz CT molecular complexity index is 653. The molecule has 9 nitrogen and oxygen atoms in total. The molecule has 2 amide bonds. The summed E-state index contributed by atoms with van der Waals surface area (Å²) in [5, 5.41) is 9.94. The fraction of sp³-hybridized carbons (Fsp3) is 0.625. The van der Waals surface area contributed by atoms with Gasteiger partial charge in [0.25, 0.3) is 0 Å². The van der Waals surface area contributed by atoms with Crippen LogP contribution in [0.15, 0.2) is 25.0 Å². The van der Waals surface area contributed by atoms with Crippen molar-refractivity contribution in [1.82, 2.24) is 34.9 Å². The summed E-state index contributed by atoms with van der Waals surface area (Å²) >= 11 is 0. The molecule has 25 heavy (non-hydrogen) atoms. The maximum absolute atomic E-state index is 12.7. The lowest BCUT2D eigenvalue weighted by molar-refractivity contribution is 0.171. The molecule has 2 aromatic heterocycles. The molecule has 0 aliphatic carbocycles. The molecule has 1 aliphatic rings. The van der Waals surface area contributed by atoms with Crippen molar-refractivity contribution in [3.8, 4) is 0 Å². The molecule has 0 spiro atoms. The molecule has 136 valence electrons. The number of aromatic nitrogens is 5. The molecule has 2 N–H and O–H groups in total. The van der Waals surface area contributed by atoms with Gasteiger partial charge in [-0.05, 0) is 5.41 Å². The maximum atomic E-state index is 12.7. The van der Waals surface area contributed by atoms with Gasteiger partial charge in [0, 0.05) is 45.1 Å². The van der Waals surface area contributed by atoms with Gasteiger partial charge in [-0.1, -0.05) is 20.8 Å². The third-order valence-corrected chi connectivity index (χ3v) is 4.56. The van der Waals surface area contributed by atoms with Gasteiger partial charge in [0.2, 0.25) is 5.95 Å². The molecule has 1 unspecified atom stereocenters. The summed E-state index contributed by atoms with van der Waals surface area (Å²) < 4.78 is 2.00. The number of hydrogen-bond donors (Lipinski definition) is 2. The Hall–Kier alpha value is -2.58. The minimum absolute atomic E-state index is 0.0153. The van der Waals surface area contributed by atoms with E-state index in [0.717, 1.165) is 19.0 Å². The number of aromatic amines is 1. The first-order valence-electron chi connectivity index (χ1n) is 8.55. The summed E-state index contributed by atoms with van der Waals surface area (Å²) in [6, 6.07) is -0.00114. The summed E-state index contributed by atoms with van der Waals surface area (Å²) in [4.78, 5) is 24.9. The van der Waals surface area contributed by atoms with Crippen LogP contribution < -0.4 is 10.2 Å². The highest BCUT2D eigenvalue weighted by atomic mass is 16.2. The molecule has 1 fully saturated rings. The molecule has 1 atom stereocenters. The van der Waals surface area contributed by atoms with Crippen LogP contribution in [-0.2, 0) is 6.54 Å². The number of H-pyrrole nitrogens is 1. The number of imidazole rings is 1. The molecule has 0 saturated carbocycles. The average Bonchev–Trinajstić information content (AvgIpc) is 3.27. The van der Waals surface area contributed by atoms with E-state index in [4.69, 9.17) is 0 Å². The highest BCUT2D eigenvalue weighted by Gasteiger charge is 2.29. The van der Waals surface area contributed by atoms with Gasteiger partial charge in [-0.25, -0.2) is 14.9 Å².